The zero-order chi connectivity index (χ0) is 29.6. The lowest BCUT2D eigenvalue weighted by atomic mass is 9.80. The Labute approximate surface area is 239 Å². The number of hydrogen-bond acceptors (Lipinski definition) is 6. The van der Waals surface area contributed by atoms with E-state index in [9.17, 15) is 23.1 Å². The first-order valence-electron chi connectivity index (χ1n) is 13.6. The normalized spacial score (nSPS) is 21.3. The van der Waals surface area contributed by atoms with Gasteiger partial charge in [-0.25, -0.2) is 17.6 Å². The van der Waals surface area contributed by atoms with Gasteiger partial charge < -0.3 is 10.4 Å². The summed E-state index contributed by atoms with van der Waals surface area (Å²) >= 11 is 0. The van der Waals surface area contributed by atoms with E-state index in [1.54, 1.807) is 37.3 Å². The number of aliphatic hydroxyl groups excluding tert-OH is 1. The molecule has 3 N–H and O–H groups in total. The Balaban J connectivity index is 1.75. The standard InChI is InChI=1S/C30H33FN4O5S/c1-5-17-11-14-24(23(31)15-17)32-26-21(6-2)28(36)22(7-3)27-25(26)29(37)35(19-12-13-19)30(38)34(27)20-10-8-9-18(16-20)33-41(4,39)40/h6,8-11,14-16,19,21,29,32-33,37H,2,5,7,12-13H2,1,3-4H3. The molecule has 0 aromatic heterocycles. The Kier molecular flexibility index (Phi) is 7.52. The number of halogens is 1. The lowest BCUT2D eigenvalue weighted by molar-refractivity contribution is -0.117. The van der Waals surface area contributed by atoms with E-state index in [0.29, 0.717) is 30.5 Å². The highest BCUT2D eigenvalue weighted by molar-refractivity contribution is 7.92. The predicted molar refractivity (Wildman–Crippen MR) is 156 cm³/mol. The Morgan fingerprint density at radius 1 is 1.12 bits per heavy atom. The fourth-order valence-electron chi connectivity index (χ4n) is 5.47. The number of sulfonamides is 1. The second-order valence-corrected chi connectivity index (χ2v) is 12.2. The van der Waals surface area contributed by atoms with Crippen molar-refractivity contribution in [2.24, 2.45) is 5.92 Å². The molecule has 1 heterocycles. The smallest absolute Gasteiger partial charge is 0.331 e. The average Bonchev–Trinajstić information content (AvgIpc) is 3.74. The number of Topliss-reactive ketones (excluding diaryl/α,β-unsaturated/α-hetero) is 1. The first-order valence-corrected chi connectivity index (χ1v) is 15.5. The highest BCUT2D eigenvalue weighted by Gasteiger charge is 2.51. The van der Waals surface area contributed by atoms with Crippen LogP contribution < -0.4 is 14.9 Å². The molecule has 2 unspecified atom stereocenters. The summed E-state index contributed by atoms with van der Waals surface area (Å²) in [6, 6.07) is 10.3. The van der Waals surface area contributed by atoms with Crippen molar-refractivity contribution < 1.29 is 27.5 Å². The van der Waals surface area contributed by atoms with Crippen molar-refractivity contribution in [2.75, 3.05) is 21.2 Å². The van der Waals surface area contributed by atoms with Crippen molar-refractivity contribution in [3.63, 3.8) is 0 Å². The van der Waals surface area contributed by atoms with Gasteiger partial charge in [0, 0.05) is 22.9 Å². The number of allylic oxidation sites excluding steroid dienone is 2. The number of anilines is 3. The number of urea groups is 1. The van der Waals surface area contributed by atoms with Crippen molar-refractivity contribution in [3.05, 3.63) is 89.0 Å². The van der Waals surface area contributed by atoms with Crippen molar-refractivity contribution in [1.82, 2.24) is 4.90 Å². The number of fused-ring (bicyclic) bond motifs is 1. The van der Waals surface area contributed by atoms with Gasteiger partial charge in [-0.3, -0.25) is 19.3 Å². The highest BCUT2D eigenvalue weighted by Crippen LogP contribution is 2.47. The van der Waals surface area contributed by atoms with Crippen molar-refractivity contribution in [1.29, 1.82) is 0 Å². The molecule has 1 saturated heterocycles. The average molecular weight is 581 g/mol. The van der Waals surface area contributed by atoms with Crippen molar-refractivity contribution in [3.8, 4) is 0 Å². The zero-order valence-electron chi connectivity index (χ0n) is 23.1. The van der Waals surface area contributed by atoms with E-state index in [-0.39, 0.29) is 46.6 Å². The maximum absolute atomic E-state index is 15.2. The third-order valence-electron chi connectivity index (χ3n) is 7.53. The van der Waals surface area contributed by atoms with Crippen molar-refractivity contribution >= 4 is 38.9 Å². The van der Waals surface area contributed by atoms with Crippen LogP contribution in [0, 0.1) is 11.7 Å². The predicted octanol–water partition coefficient (Wildman–Crippen LogP) is 4.90. The van der Waals surface area contributed by atoms with E-state index in [1.807, 2.05) is 6.92 Å². The minimum Gasteiger partial charge on any atom is -0.369 e. The number of nitrogens with zero attached hydrogens (tertiary/aromatic N) is 2. The summed E-state index contributed by atoms with van der Waals surface area (Å²) < 4.78 is 41.5. The molecule has 2 aliphatic carbocycles. The molecule has 3 aliphatic rings. The van der Waals surface area contributed by atoms with E-state index in [4.69, 9.17) is 0 Å². The number of carbonyl (C=O) groups excluding carboxylic acids is 2. The van der Waals surface area contributed by atoms with E-state index < -0.39 is 34.0 Å². The minimum atomic E-state index is -3.61. The molecule has 2 aromatic rings. The molecule has 41 heavy (non-hydrogen) atoms. The first-order chi connectivity index (χ1) is 19.5. The van der Waals surface area contributed by atoms with E-state index in [2.05, 4.69) is 16.6 Å². The van der Waals surface area contributed by atoms with Crippen LogP contribution in [0.2, 0.25) is 0 Å². The summed E-state index contributed by atoms with van der Waals surface area (Å²) in [5, 5.41) is 14.8. The van der Waals surface area contributed by atoms with Crippen LogP contribution in [0.15, 0.2) is 77.7 Å². The quantitative estimate of drug-likeness (QED) is 0.363. The molecule has 5 rings (SSSR count). The van der Waals surface area contributed by atoms with Crippen LogP contribution in [0.1, 0.15) is 38.7 Å². The molecule has 2 atom stereocenters. The number of hydrogen-bond donors (Lipinski definition) is 3. The van der Waals surface area contributed by atoms with Crippen LogP contribution in [0.25, 0.3) is 0 Å². The van der Waals surface area contributed by atoms with Crippen LogP contribution >= 0.6 is 0 Å². The summed E-state index contributed by atoms with van der Waals surface area (Å²) in [4.78, 5) is 30.7. The SMILES string of the molecule is C=CC1C(=O)C(CC)=C2C(=C1Nc1ccc(CC)cc1F)C(O)N(C1CC1)C(=O)N2c1cccc(NS(C)(=O)=O)c1. The summed E-state index contributed by atoms with van der Waals surface area (Å²) in [6.45, 7) is 7.56. The van der Waals surface area contributed by atoms with E-state index in [0.717, 1.165) is 11.8 Å². The van der Waals surface area contributed by atoms with Crippen LogP contribution in [0.3, 0.4) is 0 Å². The molecule has 216 valence electrons. The molecule has 2 aromatic carbocycles. The van der Waals surface area contributed by atoms with Gasteiger partial charge in [0.1, 0.15) is 5.82 Å². The molecule has 1 aliphatic heterocycles. The van der Waals surface area contributed by atoms with Crippen molar-refractivity contribution in [2.45, 2.75) is 51.8 Å². The fourth-order valence-corrected chi connectivity index (χ4v) is 6.03. The molecular weight excluding hydrogens is 547 g/mol. The van der Waals surface area contributed by atoms with Gasteiger partial charge in [-0.05, 0) is 61.6 Å². The number of benzene rings is 2. The van der Waals surface area contributed by atoms with Gasteiger partial charge in [-0.1, -0.05) is 32.1 Å². The van der Waals surface area contributed by atoms with Gasteiger partial charge >= 0.3 is 6.03 Å². The molecule has 0 bridgehead atoms. The van der Waals surface area contributed by atoms with Gasteiger partial charge in [0.05, 0.1) is 34.9 Å². The van der Waals surface area contributed by atoms with E-state index >= 15 is 4.39 Å². The van der Waals surface area contributed by atoms with Crippen LogP contribution in [-0.4, -0.2) is 48.8 Å². The van der Waals surface area contributed by atoms with Gasteiger partial charge in [0.2, 0.25) is 10.0 Å². The molecule has 11 heteroatoms. The summed E-state index contributed by atoms with van der Waals surface area (Å²) in [5.74, 6) is -1.76. The number of aliphatic hydroxyl groups is 1. The molecular formula is C30H33FN4O5S. The minimum absolute atomic E-state index is 0.122. The Morgan fingerprint density at radius 2 is 1.85 bits per heavy atom. The van der Waals surface area contributed by atoms with Gasteiger partial charge in [0.25, 0.3) is 0 Å². The fraction of sp³-hybridized carbons (Fsp3) is 0.333. The maximum Gasteiger partial charge on any atom is 0.331 e. The van der Waals surface area contributed by atoms with Gasteiger partial charge in [0.15, 0.2) is 12.0 Å². The topological polar surface area (TPSA) is 119 Å². The third-order valence-corrected chi connectivity index (χ3v) is 8.13. The second kappa shape index (κ2) is 10.8. The van der Waals surface area contributed by atoms with Crippen LogP contribution in [0.4, 0.5) is 26.2 Å². The number of carbonyl (C=O) groups is 2. The lowest BCUT2D eigenvalue weighted by Crippen LogP contribution is -2.58. The molecule has 2 amide bonds. The van der Waals surface area contributed by atoms with Crippen LogP contribution in [0.5, 0.6) is 0 Å². The van der Waals surface area contributed by atoms with E-state index in [1.165, 1.54) is 28.0 Å². The molecule has 0 spiro atoms. The zero-order valence-corrected chi connectivity index (χ0v) is 24.0. The third kappa shape index (κ3) is 5.27. The largest absolute Gasteiger partial charge is 0.369 e. The number of amides is 2. The maximum atomic E-state index is 15.2. The molecule has 9 nitrogen and oxygen atoms in total. The number of rotatable bonds is 9. The van der Waals surface area contributed by atoms with Gasteiger partial charge in [-0.15, -0.1) is 6.58 Å². The molecule has 1 saturated carbocycles. The van der Waals surface area contributed by atoms with Gasteiger partial charge in [-0.2, -0.15) is 0 Å². The summed E-state index contributed by atoms with van der Waals surface area (Å²) in [5.41, 5.74) is 2.49. The summed E-state index contributed by atoms with van der Waals surface area (Å²) in [7, 11) is -3.61. The first kappa shape index (κ1) is 28.6. The number of ketones is 1. The second-order valence-electron chi connectivity index (χ2n) is 10.4. The Bertz CT molecular complexity index is 1610. The summed E-state index contributed by atoms with van der Waals surface area (Å²) in [6.07, 6.45) is 3.35. The Morgan fingerprint density at radius 3 is 2.44 bits per heavy atom. The van der Waals surface area contributed by atoms with Crippen LogP contribution in [-0.2, 0) is 21.2 Å². The number of aryl methyl sites for hydroxylation is 1. The highest BCUT2D eigenvalue weighted by atomic mass is 32.2. The lowest BCUT2D eigenvalue weighted by Gasteiger charge is -2.46. The number of nitrogens with one attached hydrogen (secondary N) is 2. The molecule has 2 fully saturated rings. The molecule has 0 radical (unpaired) electrons. The monoisotopic (exact) mass is 580 g/mol. The Hall–Kier alpha value is -3.96.